The summed E-state index contributed by atoms with van der Waals surface area (Å²) in [7, 11) is 0. The number of aryl methyl sites for hydroxylation is 3. The van der Waals surface area contributed by atoms with Crippen molar-refractivity contribution >= 4 is 28.9 Å². The van der Waals surface area contributed by atoms with Gasteiger partial charge in [-0.3, -0.25) is 14.9 Å². The summed E-state index contributed by atoms with van der Waals surface area (Å²) in [6.45, 7) is 9.98. The highest BCUT2D eigenvalue weighted by atomic mass is 35.5. The number of benzene rings is 3. The van der Waals surface area contributed by atoms with Crippen LogP contribution in [0.25, 0.3) is 0 Å². The summed E-state index contributed by atoms with van der Waals surface area (Å²) in [5.41, 5.74) is 3.83. The Morgan fingerprint density at radius 3 is 2.36 bits per heavy atom. The number of nitrogens with zero attached hydrogens (tertiary/aromatic N) is 1. The van der Waals surface area contributed by atoms with Crippen molar-refractivity contribution in [2.24, 2.45) is 0 Å². The molecule has 8 nitrogen and oxygen atoms in total. The van der Waals surface area contributed by atoms with Crippen molar-refractivity contribution in [1.29, 1.82) is 0 Å². The molecule has 1 aromatic heterocycles. The monoisotopic (exact) mass is 548 g/mol. The first kappa shape index (κ1) is 27.7. The SMILES string of the molecule is Cc1cc(C)cc(Oc2cc(NC(=O)c3ccc(COc4cc(C)c(Cl)cc4C(C)C)o3)cc([N+](=O)[O-])c2)c1. The minimum Gasteiger partial charge on any atom is -0.485 e. The highest BCUT2D eigenvalue weighted by Crippen LogP contribution is 2.33. The van der Waals surface area contributed by atoms with E-state index in [1.165, 1.54) is 24.3 Å². The zero-order chi connectivity index (χ0) is 28.3. The Morgan fingerprint density at radius 1 is 1.00 bits per heavy atom. The highest BCUT2D eigenvalue weighted by molar-refractivity contribution is 6.31. The van der Waals surface area contributed by atoms with Gasteiger partial charge in [0, 0.05) is 17.2 Å². The predicted molar refractivity (Wildman–Crippen MR) is 150 cm³/mol. The minimum absolute atomic E-state index is 0.0354. The number of nitrogens with one attached hydrogen (secondary N) is 1. The number of hydrogen-bond acceptors (Lipinski definition) is 6. The van der Waals surface area contributed by atoms with Gasteiger partial charge in [0.25, 0.3) is 11.6 Å². The first-order valence-electron chi connectivity index (χ1n) is 12.4. The maximum absolute atomic E-state index is 12.9. The number of furan rings is 1. The molecule has 1 heterocycles. The van der Waals surface area contributed by atoms with Crippen molar-refractivity contribution in [3.05, 3.63) is 110 Å². The average molecular weight is 549 g/mol. The van der Waals surface area contributed by atoms with Crippen molar-refractivity contribution < 1.29 is 23.6 Å². The molecule has 0 unspecified atom stereocenters. The molecule has 0 bridgehead atoms. The molecule has 0 atom stereocenters. The van der Waals surface area contributed by atoms with Crippen molar-refractivity contribution in [2.45, 2.75) is 47.1 Å². The molecule has 0 radical (unpaired) electrons. The van der Waals surface area contributed by atoms with Crippen LogP contribution in [0.1, 0.15) is 58.3 Å². The second-order valence-electron chi connectivity index (χ2n) is 9.70. The van der Waals surface area contributed by atoms with Gasteiger partial charge in [-0.05, 0) is 85.3 Å². The van der Waals surface area contributed by atoms with Crippen molar-refractivity contribution in [1.82, 2.24) is 0 Å². The number of halogens is 1. The molecule has 1 amide bonds. The fourth-order valence-electron chi connectivity index (χ4n) is 4.11. The third-order valence-corrected chi connectivity index (χ3v) is 6.37. The second-order valence-corrected chi connectivity index (χ2v) is 10.1. The largest absolute Gasteiger partial charge is 0.485 e. The number of nitro benzene ring substituents is 1. The van der Waals surface area contributed by atoms with E-state index in [-0.39, 0.29) is 35.4 Å². The molecule has 0 fully saturated rings. The summed E-state index contributed by atoms with van der Waals surface area (Å²) in [4.78, 5) is 23.9. The van der Waals surface area contributed by atoms with Gasteiger partial charge in [0.05, 0.1) is 16.7 Å². The van der Waals surface area contributed by atoms with Crippen LogP contribution >= 0.6 is 11.6 Å². The van der Waals surface area contributed by atoms with Gasteiger partial charge in [-0.1, -0.05) is 31.5 Å². The quantitative estimate of drug-likeness (QED) is 0.166. The number of hydrogen-bond donors (Lipinski definition) is 1. The van der Waals surface area contributed by atoms with Crippen LogP contribution < -0.4 is 14.8 Å². The molecule has 0 aliphatic rings. The summed E-state index contributed by atoms with van der Waals surface area (Å²) in [5.74, 6) is 1.57. The van der Waals surface area contributed by atoms with Gasteiger partial charge < -0.3 is 19.2 Å². The number of nitro groups is 1. The normalized spacial score (nSPS) is 10.9. The van der Waals surface area contributed by atoms with E-state index in [4.69, 9.17) is 25.5 Å². The van der Waals surface area contributed by atoms with Gasteiger partial charge in [0.15, 0.2) is 5.76 Å². The summed E-state index contributed by atoms with van der Waals surface area (Å²) in [5, 5.41) is 14.8. The Bertz CT molecular complexity index is 1520. The predicted octanol–water partition coefficient (Wildman–Crippen LogP) is 8.51. The van der Waals surface area contributed by atoms with E-state index in [9.17, 15) is 14.9 Å². The van der Waals surface area contributed by atoms with Crippen molar-refractivity contribution in [3.63, 3.8) is 0 Å². The Kier molecular flexibility index (Phi) is 8.26. The molecule has 4 aromatic rings. The number of non-ortho nitro benzene ring substituents is 1. The zero-order valence-electron chi connectivity index (χ0n) is 22.3. The van der Waals surface area contributed by atoms with E-state index in [1.54, 1.807) is 6.07 Å². The van der Waals surface area contributed by atoms with E-state index in [1.807, 2.05) is 51.1 Å². The summed E-state index contributed by atoms with van der Waals surface area (Å²) >= 11 is 6.28. The van der Waals surface area contributed by atoms with E-state index in [0.717, 1.165) is 22.3 Å². The number of amides is 1. The summed E-state index contributed by atoms with van der Waals surface area (Å²) < 4.78 is 17.6. The minimum atomic E-state index is -0.565. The van der Waals surface area contributed by atoms with Crippen LogP contribution in [0.4, 0.5) is 11.4 Å². The van der Waals surface area contributed by atoms with Gasteiger partial charge in [0.1, 0.15) is 29.6 Å². The summed E-state index contributed by atoms with van der Waals surface area (Å²) in [6, 6.07) is 16.7. The molecular weight excluding hydrogens is 520 g/mol. The number of carbonyl (C=O) groups excluding carboxylic acids is 1. The molecule has 9 heteroatoms. The molecule has 0 aliphatic carbocycles. The third kappa shape index (κ3) is 6.97. The molecule has 39 heavy (non-hydrogen) atoms. The van der Waals surface area contributed by atoms with Gasteiger partial charge in [-0.25, -0.2) is 0 Å². The van der Waals surface area contributed by atoms with E-state index in [0.29, 0.717) is 22.3 Å². The van der Waals surface area contributed by atoms with Gasteiger partial charge in [-0.15, -0.1) is 0 Å². The number of anilines is 1. The molecule has 0 aliphatic heterocycles. The van der Waals surface area contributed by atoms with Crippen LogP contribution in [0.3, 0.4) is 0 Å². The summed E-state index contributed by atoms with van der Waals surface area (Å²) in [6.07, 6.45) is 0. The Labute approximate surface area is 231 Å². The average Bonchev–Trinajstić information content (AvgIpc) is 3.33. The highest BCUT2D eigenvalue weighted by Gasteiger charge is 2.17. The number of ether oxygens (including phenoxy) is 2. The lowest BCUT2D eigenvalue weighted by Gasteiger charge is -2.15. The molecule has 1 N–H and O–H groups in total. The first-order chi connectivity index (χ1) is 18.5. The van der Waals surface area contributed by atoms with Crippen LogP contribution in [0.15, 0.2) is 65.1 Å². The van der Waals surface area contributed by atoms with Crippen molar-refractivity contribution in [3.8, 4) is 17.2 Å². The Balaban J connectivity index is 1.49. The lowest BCUT2D eigenvalue weighted by molar-refractivity contribution is -0.384. The topological polar surface area (TPSA) is 104 Å². The Morgan fingerprint density at radius 2 is 1.69 bits per heavy atom. The second kappa shape index (κ2) is 11.6. The molecule has 0 saturated heterocycles. The third-order valence-electron chi connectivity index (χ3n) is 5.96. The first-order valence-corrected chi connectivity index (χ1v) is 12.7. The molecule has 0 spiro atoms. The smallest absolute Gasteiger partial charge is 0.291 e. The van der Waals surface area contributed by atoms with Crippen molar-refractivity contribution in [2.75, 3.05) is 5.32 Å². The van der Waals surface area contributed by atoms with Crippen LogP contribution in [0, 0.1) is 30.9 Å². The van der Waals surface area contributed by atoms with Gasteiger partial charge in [-0.2, -0.15) is 0 Å². The molecule has 202 valence electrons. The van der Waals surface area contributed by atoms with Crippen LogP contribution in [-0.2, 0) is 6.61 Å². The standard InChI is InChI=1S/C30H29ClN2O6/c1-17(2)26-15-27(31)20(5)11-29(26)37-16-23-6-7-28(39-23)30(34)32-21-12-22(33(35)36)14-25(13-21)38-24-9-18(3)8-19(4)10-24/h6-15,17H,16H2,1-5H3,(H,32,34). The fraction of sp³-hybridized carbons (Fsp3) is 0.233. The van der Waals surface area contributed by atoms with E-state index in [2.05, 4.69) is 19.2 Å². The van der Waals surface area contributed by atoms with Crippen LogP contribution in [-0.4, -0.2) is 10.8 Å². The maximum atomic E-state index is 12.9. The van der Waals surface area contributed by atoms with Crippen LogP contribution in [0.2, 0.25) is 5.02 Å². The molecule has 4 rings (SSSR count). The van der Waals surface area contributed by atoms with Crippen LogP contribution in [0.5, 0.6) is 17.2 Å². The van der Waals surface area contributed by atoms with E-state index < -0.39 is 10.8 Å². The van der Waals surface area contributed by atoms with Gasteiger partial charge >= 0.3 is 0 Å². The maximum Gasteiger partial charge on any atom is 0.291 e. The fourth-order valence-corrected chi connectivity index (χ4v) is 4.29. The molecular formula is C30H29ClN2O6. The Hall–Kier alpha value is -4.30. The number of carbonyl (C=O) groups is 1. The lowest BCUT2D eigenvalue weighted by atomic mass is 10.0. The lowest BCUT2D eigenvalue weighted by Crippen LogP contribution is -2.11. The molecule has 3 aromatic carbocycles. The molecule has 0 saturated carbocycles. The van der Waals surface area contributed by atoms with E-state index >= 15 is 0 Å². The number of rotatable bonds is 9. The zero-order valence-corrected chi connectivity index (χ0v) is 23.1. The van der Waals surface area contributed by atoms with Gasteiger partial charge in [0.2, 0.25) is 0 Å².